The smallest absolute Gasteiger partial charge is 0.251 e. The van der Waals surface area contributed by atoms with Gasteiger partial charge in [0.05, 0.1) is 5.41 Å². The molecule has 3 N–H and O–H groups in total. The Labute approximate surface area is 119 Å². The van der Waals surface area contributed by atoms with Gasteiger partial charge in [-0.2, -0.15) is 0 Å². The van der Waals surface area contributed by atoms with Gasteiger partial charge >= 0.3 is 0 Å². The molecule has 108 valence electrons. The van der Waals surface area contributed by atoms with E-state index in [9.17, 15) is 9.59 Å². The summed E-state index contributed by atoms with van der Waals surface area (Å²) in [5.74, 6) is -0.101. The van der Waals surface area contributed by atoms with Gasteiger partial charge in [0.2, 0.25) is 5.91 Å². The zero-order chi connectivity index (χ0) is 14.8. The number of anilines is 1. The number of aryl methyl sites for hydroxylation is 1. The SMILES string of the molecule is CNC(=O)c1ccc(NC(=O)C2(C)CCNC2)c(C)c1. The lowest BCUT2D eigenvalue weighted by Crippen LogP contribution is -2.35. The molecule has 20 heavy (non-hydrogen) atoms. The molecule has 0 aliphatic carbocycles. The summed E-state index contributed by atoms with van der Waals surface area (Å²) in [7, 11) is 1.60. The van der Waals surface area contributed by atoms with Crippen molar-refractivity contribution in [3.05, 3.63) is 29.3 Å². The Balaban J connectivity index is 2.14. The van der Waals surface area contributed by atoms with E-state index in [1.807, 2.05) is 13.8 Å². The summed E-state index contributed by atoms with van der Waals surface area (Å²) in [6, 6.07) is 5.28. The summed E-state index contributed by atoms with van der Waals surface area (Å²) in [5, 5.41) is 8.76. The molecule has 1 unspecified atom stereocenters. The number of hydrogen-bond acceptors (Lipinski definition) is 3. The first-order valence-electron chi connectivity index (χ1n) is 6.81. The van der Waals surface area contributed by atoms with Gasteiger partial charge in [0.15, 0.2) is 0 Å². The third kappa shape index (κ3) is 2.82. The molecule has 0 spiro atoms. The Morgan fingerprint density at radius 3 is 2.65 bits per heavy atom. The van der Waals surface area contributed by atoms with Crippen molar-refractivity contribution < 1.29 is 9.59 Å². The predicted molar refractivity (Wildman–Crippen MR) is 78.8 cm³/mol. The second kappa shape index (κ2) is 5.63. The first-order chi connectivity index (χ1) is 9.46. The molecule has 1 aromatic carbocycles. The summed E-state index contributed by atoms with van der Waals surface area (Å²) in [6.45, 7) is 5.43. The maximum absolute atomic E-state index is 12.3. The van der Waals surface area contributed by atoms with Crippen LogP contribution in [0, 0.1) is 12.3 Å². The molecule has 0 bridgehead atoms. The maximum atomic E-state index is 12.3. The van der Waals surface area contributed by atoms with E-state index in [4.69, 9.17) is 0 Å². The number of amides is 2. The van der Waals surface area contributed by atoms with Gasteiger partial charge in [0.25, 0.3) is 5.91 Å². The molecule has 1 heterocycles. The van der Waals surface area contributed by atoms with Crippen molar-refractivity contribution in [1.29, 1.82) is 0 Å². The van der Waals surface area contributed by atoms with Crippen molar-refractivity contribution in [2.45, 2.75) is 20.3 Å². The van der Waals surface area contributed by atoms with Crippen molar-refractivity contribution in [1.82, 2.24) is 10.6 Å². The zero-order valence-corrected chi connectivity index (χ0v) is 12.2. The minimum absolute atomic E-state index is 0.0262. The summed E-state index contributed by atoms with van der Waals surface area (Å²) < 4.78 is 0. The molecule has 1 aliphatic heterocycles. The number of benzene rings is 1. The van der Waals surface area contributed by atoms with Gasteiger partial charge in [0.1, 0.15) is 0 Å². The first kappa shape index (κ1) is 14.5. The van der Waals surface area contributed by atoms with Crippen LogP contribution < -0.4 is 16.0 Å². The van der Waals surface area contributed by atoms with Gasteiger partial charge in [-0.15, -0.1) is 0 Å². The Morgan fingerprint density at radius 2 is 2.10 bits per heavy atom. The van der Waals surface area contributed by atoms with Crippen LogP contribution in [0.1, 0.15) is 29.3 Å². The Morgan fingerprint density at radius 1 is 1.35 bits per heavy atom. The third-order valence-electron chi connectivity index (χ3n) is 3.88. The van der Waals surface area contributed by atoms with Gasteiger partial charge in [-0.3, -0.25) is 9.59 Å². The van der Waals surface area contributed by atoms with E-state index < -0.39 is 0 Å². The molecule has 2 amide bonds. The summed E-state index contributed by atoms with van der Waals surface area (Å²) >= 11 is 0. The molecule has 5 nitrogen and oxygen atoms in total. The first-order valence-corrected chi connectivity index (χ1v) is 6.81. The number of rotatable bonds is 3. The molecule has 0 radical (unpaired) electrons. The average Bonchev–Trinajstić information content (AvgIpc) is 2.88. The Kier molecular flexibility index (Phi) is 4.09. The van der Waals surface area contributed by atoms with E-state index in [-0.39, 0.29) is 17.2 Å². The molecule has 1 aromatic rings. The standard InChI is InChI=1S/C15H21N3O2/c1-10-8-11(13(19)16-3)4-5-12(10)18-14(20)15(2)6-7-17-9-15/h4-5,8,17H,6-7,9H2,1-3H3,(H,16,19)(H,18,20). The number of nitrogens with one attached hydrogen (secondary N) is 3. The van der Waals surface area contributed by atoms with E-state index in [1.165, 1.54) is 0 Å². The van der Waals surface area contributed by atoms with Crippen molar-refractivity contribution in [2.75, 3.05) is 25.5 Å². The summed E-state index contributed by atoms with van der Waals surface area (Å²) in [6.07, 6.45) is 0.841. The lowest BCUT2D eigenvalue weighted by molar-refractivity contribution is -0.123. The number of hydrogen-bond donors (Lipinski definition) is 3. The van der Waals surface area contributed by atoms with Crippen LogP contribution in [0.15, 0.2) is 18.2 Å². The molecule has 0 saturated carbocycles. The number of carbonyl (C=O) groups excluding carboxylic acids is 2. The summed E-state index contributed by atoms with van der Waals surface area (Å²) in [4.78, 5) is 23.9. The van der Waals surface area contributed by atoms with Crippen LogP contribution in [0.5, 0.6) is 0 Å². The monoisotopic (exact) mass is 275 g/mol. The predicted octanol–water partition coefficient (Wildman–Crippen LogP) is 1.29. The quantitative estimate of drug-likeness (QED) is 0.778. The molecule has 5 heteroatoms. The van der Waals surface area contributed by atoms with Gasteiger partial charge in [0, 0.05) is 24.8 Å². The van der Waals surface area contributed by atoms with E-state index in [0.29, 0.717) is 12.1 Å². The van der Waals surface area contributed by atoms with E-state index in [1.54, 1.807) is 25.2 Å². The molecule has 1 aliphatic rings. The molecule has 2 rings (SSSR count). The highest BCUT2D eigenvalue weighted by Gasteiger charge is 2.36. The van der Waals surface area contributed by atoms with Crippen LogP contribution in [-0.2, 0) is 4.79 Å². The van der Waals surface area contributed by atoms with Crippen molar-refractivity contribution in [2.24, 2.45) is 5.41 Å². The van der Waals surface area contributed by atoms with Gasteiger partial charge in [-0.1, -0.05) is 0 Å². The minimum Gasteiger partial charge on any atom is -0.355 e. The van der Waals surface area contributed by atoms with Crippen LogP contribution in [0.4, 0.5) is 5.69 Å². The fourth-order valence-corrected chi connectivity index (χ4v) is 2.37. The lowest BCUT2D eigenvalue weighted by atomic mass is 9.88. The highest BCUT2D eigenvalue weighted by molar-refractivity contribution is 5.98. The van der Waals surface area contributed by atoms with E-state index in [0.717, 1.165) is 24.2 Å². The van der Waals surface area contributed by atoms with Crippen molar-refractivity contribution >= 4 is 17.5 Å². The zero-order valence-electron chi connectivity index (χ0n) is 12.2. The Hall–Kier alpha value is -1.88. The van der Waals surface area contributed by atoms with Gasteiger partial charge < -0.3 is 16.0 Å². The molecule has 0 aromatic heterocycles. The van der Waals surface area contributed by atoms with Gasteiger partial charge in [-0.25, -0.2) is 0 Å². The van der Waals surface area contributed by atoms with Gasteiger partial charge in [-0.05, 0) is 50.6 Å². The van der Waals surface area contributed by atoms with Crippen molar-refractivity contribution in [3.63, 3.8) is 0 Å². The topological polar surface area (TPSA) is 70.2 Å². The molecular formula is C15H21N3O2. The Bertz CT molecular complexity index is 534. The fraction of sp³-hybridized carbons (Fsp3) is 0.467. The van der Waals surface area contributed by atoms with Crippen LogP contribution in [0.3, 0.4) is 0 Å². The minimum atomic E-state index is -0.355. The fourth-order valence-electron chi connectivity index (χ4n) is 2.37. The highest BCUT2D eigenvalue weighted by Crippen LogP contribution is 2.27. The summed E-state index contributed by atoms with van der Waals surface area (Å²) in [5.41, 5.74) is 1.88. The third-order valence-corrected chi connectivity index (χ3v) is 3.88. The van der Waals surface area contributed by atoms with E-state index in [2.05, 4.69) is 16.0 Å². The average molecular weight is 275 g/mol. The highest BCUT2D eigenvalue weighted by atomic mass is 16.2. The second-order valence-electron chi connectivity index (χ2n) is 5.55. The van der Waals surface area contributed by atoms with Crippen LogP contribution in [0.25, 0.3) is 0 Å². The largest absolute Gasteiger partial charge is 0.355 e. The van der Waals surface area contributed by atoms with E-state index >= 15 is 0 Å². The van der Waals surface area contributed by atoms with Crippen molar-refractivity contribution in [3.8, 4) is 0 Å². The normalized spacial score (nSPS) is 21.6. The lowest BCUT2D eigenvalue weighted by Gasteiger charge is -2.22. The van der Waals surface area contributed by atoms with Crippen LogP contribution >= 0.6 is 0 Å². The maximum Gasteiger partial charge on any atom is 0.251 e. The molecular weight excluding hydrogens is 254 g/mol. The van der Waals surface area contributed by atoms with Crippen LogP contribution in [-0.4, -0.2) is 32.0 Å². The molecule has 1 fully saturated rings. The second-order valence-corrected chi connectivity index (χ2v) is 5.55. The molecule has 1 saturated heterocycles. The van der Waals surface area contributed by atoms with Crippen LogP contribution in [0.2, 0.25) is 0 Å². The molecule has 1 atom stereocenters. The number of carbonyl (C=O) groups is 2.